The maximum atomic E-state index is 12.9. The van der Waals surface area contributed by atoms with Crippen LogP contribution in [-0.2, 0) is 4.74 Å². The summed E-state index contributed by atoms with van der Waals surface area (Å²) in [6.45, 7) is 1.34. The molecule has 4 rings (SSSR count). The van der Waals surface area contributed by atoms with E-state index in [1.54, 1.807) is 36.7 Å². The monoisotopic (exact) mass is 364 g/mol. The van der Waals surface area contributed by atoms with E-state index in [0.29, 0.717) is 24.2 Å². The second-order valence-electron chi connectivity index (χ2n) is 6.66. The van der Waals surface area contributed by atoms with Crippen molar-refractivity contribution >= 4 is 16.9 Å². The van der Waals surface area contributed by atoms with Crippen LogP contribution >= 0.6 is 0 Å². The average molecular weight is 364 g/mol. The van der Waals surface area contributed by atoms with Gasteiger partial charge in [0.25, 0.3) is 5.91 Å². The number of para-hydroxylation sites is 1. The van der Waals surface area contributed by atoms with Gasteiger partial charge in [-0.3, -0.25) is 14.6 Å². The van der Waals surface area contributed by atoms with Gasteiger partial charge in [-0.2, -0.15) is 0 Å². The number of carbonyl (C=O) groups excluding carboxylic acids is 1. The highest BCUT2D eigenvalue weighted by atomic mass is 16.5. The van der Waals surface area contributed by atoms with Gasteiger partial charge in [0.2, 0.25) is 0 Å². The maximum absolute atomic E-state index is 12.9. The number of rotatable bonds is 4. The quantitative estimate of drug-likeness (QED) is 0.769. The molecule has 6 nitrogen and oxygen atoms in total. The molecule has 1 amide bonds. The minimum atomic E-state index is -0.404. The van der Waals surface area contributed by atoms with Gasteiger partial charge < -0.3 is 14.5 Å². The second-order valence-corrected chi connectivity index (χ2v) is 6.66. The molecule has 2 aromatic heterocycles. The Labute approximate surface area is 156 Å². The fourth-order valence-corrected chi connectivity index (χ4v) is 3.51. The number of amides is 1. The van der Waals surface area contributed by atoms with Gasteiger partial charge in [0.05, 0.1) is 11.4 Å². The van der Waals surface area contributed by atoms with E-state index in [2.05, 4.69) is 10.3 Å². The van der Waals surface area contributed by atoms with Crippen molar-refractivity contribution in [1.82, 2.24) is 10.3 Å². The molecule has 1 fully saturated rings. The van der Waals surface area contributed by atoms with Gasteiger partial charge in [-0.15, -0.1) is 0 Å². The molecule has 0 bridgehead atoms. The fourth-order valence-electron chi connectivity index (χ4n) is 3.51. The summed E-state index contributed by atoms with van der Waals surface area (Å²) in [5.74, 6) is -0.156. The maximum Gasteiger partial charge on any atom is 0.287 e. The van der Waals surface area contributed by atoms with Crippen molar-refractivity contribution in [1.29, 1.82) is 0 Å². The number of ether oxygens (including phenoxy) is 1. The summed E-state index contributed by atoms with van der Waals surface area (Å²) in [5.41, 5.74) is 1.10. The number of nitrogens with zero attached hydrogens (tertiary/aromatic N) is 1. The molecule has 1 N–H and O–H groups in total. The van der Waals surface area contributed by atoms with Crippen molar-refractivity contribution < 1.29 is 13.9 Å². The summed E-state index contributed by atoms with van der Waals surface area (Å²) in [7, 11) is 0. The third kappa shape index (κ3) is 3.75. The van der Waals surface area contributed by atoms with E-state index in [-0.39, 0.29) is 23.1 Å². The van der Waals surface area contributed by atoms with Gasteiger partial charge in [-0.05, 0) is 42.5 Å². The Kier molecular flexibility index (Phi) is 4.98. The van der Waals surface area contributed by atoms with Crippen molar-refractivity contribution in [2.24, 2.45) is 5.92 Å². The van der Waals surface area contributed by atoms with Crippen LogP contribution in [0.4, 0.5) is 0 Å². The number of carbonyl (C=O) groups is 1. The Bertz CT molecular complexity index is 994. The molecule has 1 saturated heterocycles. The standard InChI is InChI=1S/C21H20N2O4/c24-17-12-19(27-18-6-2-1-5-16(17)18)21(25)23-20(14-7-10-26-11-8-14)15-4-3-9-22-13-15/h1-6,9,12-14,20H,7-8,10-11H2,(H,23,25). The van der Waals surface area contributed by atoms with Crippen molar-refractivity contribution in [3.05, 3.63) is 76.4 Å². The highest BCUT2D eigenvalue weighted by molar-refractivity contribution is 5.93. The SMILES string of the molecule is O=C(NC(c1cccnc1)C1CCOCC1)c1cc(=O)c2ccccc2o1. The van der Waals surface area contributed by atoms with Crippen LogP contribution in [0.1, 0.15) is 35.0 Å². The lowest BCUT2D eigenvalue weighted by atomic mass is 9.87. The van der Waals surface area contributed by atoms with Crippen LogP contribution in [0.5, 0.6) is 0 Å². The van der Waals surface area contributed by atoms with E-state index in [1.807, 2.05) is 12.1 Å². The highest BCUT2D eigenvalue weighted by Gasteiger charge is 2.28. The number of aromatic nitrogens is 1. The van der Waals surface area contributed by atoms with Crippen molar-refractivity contribution in [3.8, 4) is 0 Å². The van der Waals surface area contributed by atoms with E-state index in [1.165, 1.54) is 6.07 Å². The van der Waals surface area contributed by atoms with Crippen molar-refractivity contribution in [2.45, 2.75) is 18.9 Å². The van der Waals surface area contributed by atoms with E-state index < -0.39 is 5.91 Å². The zero-order valence-corrected chi connectivity index (χ0v) is 14.8. The Morgan fingerprint density at radius 2 is 1.96 bits per heavy atom. The highest BCUT2D eigenvalue weighted by Crippen LogP contribution is 2.30. The largest absolute Gasteiger partial charge is 0.451 e. The molecule has 0 saturated carbocycles. The molecule has 1 unspecified atom stereocenters. The second kappa shape index (κ2) is 7.72. The van der Waals surface area contributed by atoms with Crippen LogP contribution in [0.25, 0.3) is 11.0 Å². The molecule has 6 heteroatoms. The molecule has 3 aromatic rings. The van der Waals surface area contributed by atoms with E-state index in [0.717, 1.165) is 18.4 Å². The minimum Gasteiger partial charge on any atom is -0.451 e. The van der Waals surface area contributed by atoms with E-state index in [4.69, 9.17) is 9.15 Å². The van der Waals surface area contributed by atoms with Crippen LogP contribution in [0.3, 0.4) is 0 Å². The number of benzene rings is 1. The van der Waals surface area contributed by atoms with Gasteiger partial charge in [0.1, 0.15) is 5.58 Å². The first-order valence-corrected chi connectivity index (χ1v) is 9.04. The first-order valence-electron chi connectivity index (χ1n) is 9.04. The van der Waals surface area contributed by atoms with Crippen LogP contribution in [0, 0.1) is 5.92 Å². The minimum absolute atomic E-state index is 0.0136. The summed E-state index contributed by atoms with van der Waals surface area (Å²) in [4.78, 5) is 29.3. The first kappa shape index (κ1) is 17.4. The molecule has 0 aliphatic carbocycles. The summed E-state index contributed by atoms with van der Waals surface area (Å²) in [6.07, 6.45) is 5.16. The van der Waals surface area contributed by atoms with Gasteiger partial charge in [0, 0.05) is 31.7 Å². The van der Waals surface area contributed by atoms with Gasteiger partial charge in [-0.25, -0.2) is 0 Å². The molecule has 3 heterocycles. The lowest BCUT2D eigenvalue weighted by Crippen LogP contribution is -2.36. The number of fused-ring (bicyclic) bond motifs is 1. The number of hydrogen-bond acceptors (Lipinski definition) is 5. The summed E-state index contributed by atoms with van der Waals surface area (Å²) in [6, 6.07) is 11.7. The lowest BCUT2D eigenvalue weighted by molar-refractivity contribution is 0.0509. The summed E-state index contributed by atoms with van der Waals surface area (Å²) >= 11 is 0. The molecule has 138 valence electrons. The Morgan fingerprint density at radius 1 is 1.15 bits per heavy atom. The predicted molar refractivity (Wildman–Crippen MR) is 100 cm³/mol. The van der Waals surface area contributed by atoms with Crippen LogP contribution in [-0.4, -0.2) is 24.1 Å². The van der Waals surface area contributed by atoms with Crippen molar-refractivity contribution in [3.63, 3.8) is 0 Å². The smallest absolute Gasteiger partial charge is 0.287 e. The van der Waals surface area contributed by atoms with Crippen LogP contribution in [0.2, 0.25) is 0 Å². The number of hydrogen-bond donors (Lipinski definition) is 1. The van der Waals surface area contributed by atoms with E-state index in [9.17, 15) is 9.59 Å². The Hall–Kier alpha value is -2.99. The molecule has 1 aliphatic rings. The zero-order chi connectivity index (χ0) is 18.6. The summed E-state index contributed by atoms with van der Waals surface area (Å²) in [5, 5.41) is 3.50. The molecule has 1 aromatic carbocycles. The third-order valence-electron chi connectivity index (χ3n) is 4.93. The Morgan fingerprint density at radius 3 is 2.74 bits per heavy atom. The number of pyridine rings is 1. The van der Waals surface area contributed by atoms with Gasteiger partial charge in [-0.1, -0.05) is 18.2 Å². The van der Waals surface area contributed by atoms with Crippen molar-refractivity contribution in [2.75, 3.05) is 13.2 Å². The molecular weight excluding hydrogens is 344 g/mol. The van der Waals surface area contributed by atoms with Gasteiger partial charge >= 0.3 is 0 Å². The Balaban J connectivity index is 1.64. The first-order chi connectivity index (χ1) is 13.2. The molecule has 1 aliphatic heterocycles. The van der Waals surface area contributed by atoms with Gasteiger partial charge in [0.15, 0.2) is 11.2 Å². The molecule has 1 atom stereocenters. The third-order valence-corrected chi connectivity index (χ3v) is 4.93. The predicted octanol–water partition coefficient (Wildman–Crippen LogP) is 3.09. The molecule has 27 heavy (non-hydrogen) atoms. The topological polar surface area (TPSA) is 81.4 Å². The fraction of sp³-hybridized carbons (Fsp3) is 0.286. The molecule has 0 spiro atoms. The zero-order valence-electron chi connectivity index (χ0n) is 14.8. The van der Waals surface area contributed by atoms with E-state index >= 15 is 0 Å². The lowest BCUT2D eigenvalue weighted by Gasteiger charge is -2.31. The van der Waals surface area contributed by atoms with Crippen LogP contribution in [0.15, 0.2) is 64.1 Å². The number of nitrogens with one attached hydrogen (secondary N) is 1. The molecular formula is C21H20N2O4. The normalized spacial score (nSPS) is 16.1. The molecule has 0 radical (unpaired) electrons. The average Bonchev–Trinajstić information content (AvgIpc) is 2.73. The van der Waals surface area contributed by atoms with Crippen LogP contribution < -0.4 is 10.7 Å². The summed E-state index contributed by atoms with van der Waals surface area (Å²) < 4.78 is 11.1.